The second-order valence-electron chi connectivity index (χ2n) is 3.92. The van der Waals surface area contributed by atoms with Crippen molar-refractivity contribution in [2.24, 2.45) is 0 Å². The van der Waals surface area contributed by atoms with Crippen LogP contribution in [0.1, 0.15) is 18.6 Å². The quantitative estimate of drug-likeness (QED) is 0.897. The lowest BCUT2D eigenvalue weighted by Gasteiger charge is -2.09. The van der Waals surface area contributed by atoms with Crippen LogP contribution < -0.4 is 4.74 Å². The molecule has 0 amide bonds. The number of halogens is 2. The molecule has 2 aromatic carbocycles. The highest BCUT2D eigenvalue weighted by Gasteiger charge is 2.08. The van der Waals surface area contributed by atoms with E-state index in [1.54, 1.807) is 13.0 Å². The highest BCUT2D eigenvalue weighted by molar-refractivity contribution is 5.35. The molecule has 1 N–H and O–H groups in total. The van der Waals surface area contributed by atoms with Crippen LogP contribution in [0.4, 0.5) is 8.78 Å². The first-order valence-electron chi connectivity index (χ1n) is 5.47. The fraction of sp³-hybridized carbons (Fsp3) is 0.143. The maximum Gasteiger partial charge on any atom is 0.166 e. The summed E-state index contributed by atoms with van der Waals surface area (Å²) < 4.78 is 31.6. The third-order valence-electron chi connectivity index (χ3n) is 2.48. The van der Waals surface area contributed by atoms with Crippen molar-refractivity contribution in [2.45, 2.75) is 13.0 Å². The molecule has 18 heavy (non-hydrogen) atoms. The highest BCUT2D eigenvalue weighted by Crippen LogP contribution is 2.26. The molecule has 2 aromatic rings. The van der Waals surface area contributed by atoms with Gasteiger partial charge in [-0.2, -0.15) is 0 Å². The molecule has 1 atom stereocenters. The van der Waals surface area contributed by atoms with E-state index in [4.69, 9.17) is 4.74 Å². The third kappa shape index (κ3) is 2.84. The Hall–Kier alpha value is -1.94. The summed E-state index contributed by atoms with van der Waals surface area (Å²) in [5, 5.41) is 9.31. The van der Waals surface area contributed by atoms with E-state index in [-0.39, 0.29) is 11.6 Å². The largest absolute Gasteiger partial charge is 0.454 e. The third-order valence-corrected chi connectivity index (χ3v) is 2.48. The van der Waals surface area contributed by atoms with Gasteiger partial charge in [0.25, 0.3) is 0 Å². The summed E-state index contributed by atoms with van der Waals surface area (Å²) in [4.78, 5) is 0. The number of aliphatic hydroxyl groups is 1. The van der Waals surface area contributed by atoms with E-state index in [0.717, 1.165) is 0 Å². The van der Waals surface area contributed by atoms with Crippen molar-refractivity contribution < 1.29 is 18.6 Å². The van der Waals surface area contributed by atoms with Crippen molar-refractivity contribution in [1.29, 1.82) is 0 Å². The lowest BCUT2D eigenvalue weighted by molar-refractivity contribution is 0.198. The van der Waals surface area contributed by atoms with Gasteiger partial charge in [-0.1, -0.05) is 6.07 Å². The first-order chi connectivity index (χ1) is 8.56. The number of hydrogen-bond donors (Lipinski definition) is 1. The molecule has 0 fully saturated rings. The van der Waals surface area contributed by atoms with Crippen LogP contribution >= 0.6 is 0 Å². The average Bonchev–Trinajstić information content (AvgIpc) is 2.34. The normalized spacial score (nSPS) is 12.2. The Kier molecular flexibility index (Phi) is 3.58. The molecule has 0 saturated heterocycles. The maximum atomic E-state index is 13.7. The molecule has 0 aliphatic carbocycles. The van der Waals surface area contributed by atoms with Crippen molar-refractivity contribution in [3.8, 4) is 11.5 Å². The molecule has 0 unspecified atom stereocenters. The monoisotopic (exact) mass is 250 g/mol. The number of rotatable bonds is 3. The number of benzene rings is 2. The lowest BCUT2D eigenvalue weighted by Crippen LogP contribution is -1.94. The molecule has 0 heterocycles. The van der Waals surface area contributed by atoms with Gasteiger partial charge in [0, 0.05) is 0 Å². The molecular weight excluding hydrogens is 238 g/mol. The Bertz CT molecular complexity index is 536. The van der Waals surface area contributed by atoms with Crippen LogP contribution in [0.5, 0.6) is 11.5 Å². The zero-order valence-electron chi connectivity index (χ0n) is 9.73. The molecule has 2 rings (SSSR count). The summed E-state index contributed by atoms with van der Waals surface area (Å²) in [6, 6.07) is 9.51. The Balaban J connectivity index is 2.22. The molecule has 0 bridgehead atoms. The first kappa shape index (κ1) is 12.5. The van der Waals surface area contributed by atoms with Crippen LogP contribution in [-0.2, 0) is 0 Å². The molecule has 0 spiro atoms. The molecular formula is C14H12F2O2. The van der Waals surface area contributed by atoms with Crippen molar-refractivity contribution in [3.05, 3.63) is 59.7 Å². The molecule has 0 saturated carbocycles. The van der Waals surface area contributed by atoms with Gasteiger partial charge in [0.15, 0.2) is 11.6 Å². The van der Waals surface area contributed by atoms with Gasteiger partial charge in [-0.05, 0) is 48.9 Å². The van der Waals surface area contributed by atoms with E-state index in [1.807, 2.05) is 0 Å². The molecule has 0 radical (unpaired) electrons. The lowest BCUT2D eigenvalue weighted by atomic mass is 10.1. The van der Waals surface area contributed by atoms with Gasteiger partial charge < -0.3 is 9.84 Å². The van der Waals surface area contributed by atoms with E-state index in [2.05, 4.69) is 0 Å². The Morgan fingerprint density at radius 3 is 2.28 bits per heavy atom. The predicted molar refractivity (Wildman–Crippen MR) is 63.5 cm³/mol. The van der Waals surface area contributed by atoms with E-state index < -0.39 is 11.9 Å². The van der Waals surface area contributed by atoms with Gasteiger partial charge in [0.1, 0.15) is 11.6 Å². The van der Waals surface area contributed by atoms with E-state index in [1.165, 1.54) is 36.4 Å². The predicted octanol–water partition coefficient (Wildman–Crippen LogP) is 3.81. The van der Waals surface area contributed by atoms with Gasteiger partial charge in [-0.15, -0.1) is 0 Å². The minimum absolute atomic E-state index is 0.0333. The summed E-state index contributed by atoms with van der Waals surface area (Å²) in [7, 11) is 0. The van der Waals surface area contributed by atoms with Gasteiger partial charge in [0.2, 0.25) is 0 Å². The van der Waals surface area contributed by atoms with Gasteiger partial charge in [0.05, 0.1) is 6.10 Å². The summed E-state index contributed by atoms with van der Waals surface area (Å²) in [5.74, 6) is -0.573. The Morgan fingerprint density at radius 2 is 1.72 bits per heavy atom. The molecule has 2 nitrogen and oxygen atoms in total. The van der Waals surface area contributed by atoms with Gasteiger partial charge in [-0.3, -0.25) is 0 Å². The maximum absolute atomic E-state index is 13.7. The van der Waals surface area contributed by atoms with Crippen LogP contribution in [0.3, 0.4) is 0 Å². The van der Waals surface area contributed by atoms with Crippen molar-refractivity contribution in [1.82, 2.24) is 0 Å². The molecule has 0 aliphatic heterocycles. The number of ether oxygens (including phenoxy) is 1. The topological polar surface area (TPSA) is 29.5 Å². The SMILES string of the molecule is C[C@H](O)c1ccc(Oc2ccc(F)cc2)c(F)c1. The van der Waals surface area contributed by atoms with Crippen molar-refractivity contribution >= 4 is 0 Å². The van der Waals surface area contributed by atoms with E-state index in [9.17, 15) is 13.9 Å². The smallest absolute Gasteiger partial charge is 0.166 e. The van der Waals surface area contributed by atoms with Crippen LogP contribution in [0.15, 0.2) is 42.5 Å². The summed E-state index contributed by atoms with van der Waals surface area (Å²) in [6.07, 6.45) is -0.737. The fourth-order valence-electron chi connectivity index (χ4n) is 1.49. The summed E-state index contributed by atoms with van der Waals surface area (Å²) >= 11 is 0. The minimum atomic E-state index is -0.737. The zero-order valence-corrected chi connectivity index (χ0v) is 9.73. The average molecular weight is 250 g/mol. The van der Waals surface area contributed by atoms with Crippen molar-refractivity contribution in [2.75, 3.05) is 0 Å². The number of hydrogen-bond acceptors (Lipinski definition) is 2. The second-order valence-corrected chi connectivity index (χ2v) is 3.92. The molecule has 94 valence electrons. The van der Waals surface area contributed by atoms with Crippen LogP contribution in [-0.4, -0.2) is 5.11 Å². The van der Waals surface area contributed by atoms with Gasteiger partial charge in [-0.25, -0.2) is 8.78 Å². The van der Waals surface area contributed by atoms with Crippen LogP contribution in [0.2, 0.25) is 0 Å². The molecule has 0 aromatic heterocycles. The standard InChI is InChI=1S/C14H12F2O2/c1-9(17)10-2-7-14(13(16)8-10)18-12-5-3-11(15)4-6-12/h2-9,17H,1H3/t9-/m0/s1. The van der Waals surface area contributed by atoms with Crippen molar-refractivity contribution in [3.63, 3.8) is 0 Å². The Morgan fingerprint density at radius 1 is 1.06 bits per heavy atom. The van der Waals surface area contributed by atoms with Gasteiger partial charge >= 0.3 is 0 Å². The Labute approximate surface area is 103 Å². The zero-order chi connectivity index (χ0) is 13.1. The highest BCUT2D eigenvalue weighted by atomic mass is 19.1. The fourth-order valence-corrected chi connectivity index (χ4v) is 1.49. The number of aliphatic hydroxyl groups excluding tert-OH is 1. The summed E-state index contributed by atoms with van der Waals surface area (Å²) in [5.41, 5.74) is 0.471. The minimum Gasteiger partial charge on any atom is -0.454 e. The van der Waals surface area contributed by atoms with Crippen LogP contribution in [0, 0.1) is 11.6 Å². The summed E-state index contributed by atoms with van der Waals surface area (Å²) in [6.45, 7) is 1.55. The van der Waals surface area contributed by atoms with E-state index in [0.29, 0.717) is 11.3 Å². The molecule has 4 heteroatoms. The molecule has 0 aliphatic rings. The van der Waals surface area contributed by atoms with Crippen LogP contribution in [0.25, 0.3) is 0 Å². The van der Waals surface area contributed by atoms with E-state index >= 15 is 0 Å². The first-order valence-corrected chi connectivity index (χ1v) is 5.47. The second kappa shape index (κ2) is 5.14.